The van der Waals surface area contributed by atoms with E-state index in [1.54, 1.807) is 18.2 Å². The zero-order chi connectivity index (χ0) is 22.9. The Balaban J connectivity index is 1.74. The molecule has 1 aliphatic carbocycles. The van der Waals surface area contributed by atoms with E-state index in [1.165, 1.54) is 37.5 Å². The summed E-state index contributed by atoms with van der Waals surface area (Å²) >= 11 is 0. The van der Waals surface area contributed by atoms with Crippen molar-refractivity contribution in [3.63, 3.8) is 0 Å². The topological polar surface area (TPSA) is 100 Å². The molecule has 0 heterocycles. The van der Waals surface area contributed by atoms with Crippen LogP contribution < -0.4 is 20.1 Å². The van der Waals surface area contributed by atoms with Gasteiger partial charge in [-0.15, -0.1) is 0 Å². The van der Waals surface area contributed by atoms with E-state index in [-0.39, 0.29) is 24.0 Å². The van der Waals surface area contributed by atoms with Crippen LogP contribution in [0.5, 0.6) is 11.5 Å². The van der Waals surface area contributed by atoms with E-state index >= 15 is 0 Å². The molecule has 1 aliphatic rings. The fraction of sp³-hybridized carbons (Fsp3) is 0.292. The van der Waals surface area contributed by atoms with Crippen molar-refractivity contribution in [3.05, 3.63) is 59.4 Å². The maximum absolute atomic E-state index is 13.0. The van der Waals surface area contributed by atoms with Gasteiger partial charge in [-0.05, 0) is 49.2 Å². The number of methoxy groups -OCH3 is 1. The highest BCUT2D eigenvalue weighted by molar-refractivity contribution is 6.02. The highest BCUT2D eigenvalue weighted by atomic mass is 19.1. The minimum absolute atomic E-state index is 0.0641. The number of nitrogens with zero attached hydrogens (tertiary/aromatic N) is 1. The third-order valence-corrected chi connectivity index (χ3v) is 5.06. The Morgan fingerprint density at radius 1 is 1.19 bits per heavy atom. The zero-order valence-electron chi connectivity index (χ0n) is 17.7. The highest BCUT2D eigenvalue weighted by Crippen LogP contribution is 2.32. The van der Waals surface area contributed by atoms with Crippen molar-refractivity contribution in [2.24, 2.45) is 0 Å². The standard InChI is InChI=1S/C24H24FN3O4/c1-31-21-8-4-5-16(13-17(14-26)24(30)28-19-6-2-3-7-19)23(21)32-15-22(29)27-20-11-9-18(25)10-12-20/h4-5,8-13,19H,2-3,6-7,15H2,1H3,(H,27,29)(H,28,30)/b17-13-. The third-order valence-electron chi connectivity index (χ3n) is 5.06. The Labute approximate surface area is 185 Å². The van der Waals surface area contributed by atoms with Crippen LogP contribution in [0.4, 0.5) is 10.1 Å². The number of carbonyl (C=O) groups excluding carboxylic acids is 2. The molecule has 0 aromatic heterocycles. The predicted molar refractivity (Wildman–Crippen MR) is 118 cm³/mol. The van der Waals surface area contributed by atoms with Crippen molar-refractivity contribution in [2.75, 3.05) is 19.0 Å². The van der Waals surface area contributed by atoms with Gasteiger partial charge in [-0.25, -0.2) is 4.39 Å². The fourth-order valence-corrected chi connectivity index (χ4v) is 3.47. The average Bonchev–Trinajstić information content (AvgIpc) is 3.30. The van der Waals surface area contributed by atoms with Gasteiger partial charge in [0.1, 0.15) is 17.5 Å². The summed E-state index contributed by atoms with van der Waals surface area (Å²) in [5.41, 5.74) is 0.790. The lowest BCUT2D eigenvalue weighted by molar-refractivity contribution is -0.118. The molecule has 8 heteroatoms. The SMILES string of the molecule is COc1cccc(/C=C(/C#N)C(=O)NC2CCCC2)c1OCC(=O)Nc1ccc(F)cc1. The number of carbonyl (C=O) groups is 2. The van der Waals surface area contributed by atoms with Crippen molar-refractivity contribution in [1.82, 2.24) is 5.32 Å². The molecule has 7 nitrogen and oxygen atoms in total. The van der Waals surface area contributed by atoms with Crippen LogP contribution in [0.3, 0.4) is 0 Å². The van der Waals surface area contributed by atoms with Gasteiger partial charge in [0, 0.05) is 17.3 Å². The molecule has 32 heavy (non-hydrogen) atoms. The van der Waals surface area contributed by atoms with Crippen LogP contribution in [0, 0.1) is 17.1 Å². The lowest BCUT2D eigenvalue weighted by atomic mass is 10.1. The van der Waals surface area contributed by atoms with Gasteiger partial charge < -0.3 is 20.1 Å². The molecule has 0 spiro atoms. The van der Waals surface area contributed by atoms with E-state index in [9.17, 15) is 19.2 Å². The monoisotopic (exact) mass is 437 g/mol. The summed E-state index contributed by atoms with van der Waals surface area (Å²) in [4.78, 5) is 24.8. The molecule has 2 amide bonds. The number of hydrogen-bond acceptors (Lipinski definition) is 5. The van der Waals surface area contributed by atoms with Crippen LogP contribution in [-0.4, -0.2) is 31.6 Å². The van der Waals surface area contributed by atoms with Crippen molar-refractivity contribution >= 4 is 23.6 Å². The van der Waals surface area contributed by atoms with Gasteiger partial charge in [0.05, 0.1) is 7.11 Å². The lowest BCUT2D eigenvalue weighted by Crippen LogP contribution is -2.33. The number of nitriles is 1. The summed E-state index contributed by atoms with van der Waals surface area (Å²) in [7, 11) is 1.45. The van der Waals surface area contributed by atoms with Gasteiger partial charge in [0.15, 0.2) is 18.1 Å². The molecular weight excluding hydrogens is 413 g/mol. The molecule has 1 fully saturated rings. The Kier molecular flexibility index (Phi) is 7.81. The second-order valence-corrected chi connectivity index (χ2v) is 7.35. The Morgan fingerprint density at radius 2 is 1.91 bits per heavy atom. The van der Waals surface area contributed by atoms with E-state index in [0.29, 0.717) is 17.0 Å². The molecule has 3 rings (SSSR count). The van der Waals surface area contributed by atoms with Crippen LogP contribution in [0.1, 0.15) is 31.2 Å². The molecule has 0 saturated heterocycles. The number of ether oxygens (including phenoxy) is 2. The largest absolute Gasteiger partial charge is 0.493 e. The first kappa shape index (κ1) is 22.8. The van der Waals surface area contributed by atoms with Crippen LogP contribution in [0.15, 0.2) is 48.0 Å². The second kappa shape index (κ2) is 11.0. The molecule has 2 aromatic rings. The molecule has 0 radical (unpaired) electrons. The molecule has 0 bridgehead atoms. The smallest absolute Gasteiger partial charge is 0.262 e. The average molecular weight is 437 g/mol. The predicted octanol–water partition coefficient (Wildman–Crippen LogP) is 3.82. The molecule has 1 saturated carbocycles. The number of hydrogen-bond donors (Lipinski definition) is 2. The zero-order valence-corrected chi connectivity index (χ0v) is 17.7. The molecule has 2 aromatic carbocycles. The first-order chi connectivity index (χ1) is 15.5. The van der Waals surface area contributed by atoms with E-state index in [4.69, 9.17) is 9.47 Å². The summed E-state index contributed by atoms with van der Waals surface area (Å²) in [5.74, 6) is -0.735. The van der Waals surface area contributed by atoms with E-state index in [1.807, 2.05) is 6.07 Å². The number of para-hydroxylation sites is 1. The van der Waals surface area contributed by atoms with Crippen molar-refractivity contribution in [1.29, 1.82) is 5.26 Å². The first-order valence-electron chi connectivity index (χ1n) is 10.3. The Hall–Kier alpha value is -3.86. The van der Waals surface area contributed by atoms with Crippen LogP contribution in [0.2, 0.25) is 0 Å². The summed E-state index contributed by atoms with van der Waals surface area (Å²) < 4.78 is 24.0. The van der Waals surface area contributed by atoms with E-state index < -0.39 is 17.6 Å². The number of benzene rings is 2. The Bertz CT molecular complexity index is 1040. The Morgan fingerprint density at radius 3 is 2.56 bits per heavy atom. The molecule has 2 N–H and O–H groups in total. The van der Waals surface area contributed by atoms with Crippen molar-refractivity contribution in [3.8, 4) is 17.6 Å². The summed E-state index contributed by atoms with van der Waals surface area (Å²) in [6.45, 7) is -0.352. The maximum atomic E-state index is 13.0. The highest BCUT2D eigenvalue weighted by Gasteiger charge is 2.20. The minimum Gasteiger partial charge on any atom is -0.493 e. The maximum Gasteiger partial charge on any atom is 0.262 e. The van der Waals surface area contributed by atoms with Crippen molar-refractivity contribution in [2.45, 2.75) is 31.7 Å². The molecule has 166 valence electrons. The van der Waals surface area contributed by atoms with E-state index in [2.05, 4.69) is 10.6 Å². The fourth-order valence-electron chi connectivity index (χ4n) is 3.47. The van der Waals surface area contributed by atoms with Gasteiger partial charge in [-0.1, -0.05) is 25.0 Å². The number of amides is 2. The summed E-state index contributed by atoms with van der Waals surface area (Å²) in [5, 5.41) is 15.0. The minimum atomic E-state index is -0.461. The molecule has 0 atom stereocenters. The molecule has 0 aliphatic heterocycles. The van der Waals surface area contributed by atoms with Crippen LogP contribution in [0.25, 0.3) is 6.08 Å². The van der Waals surface area contributed by atoms with Crippen molar-refractivity contribution < 1.29 is 23.5 Å². The van der Waals surface area contributed by atoms with Crippen LogP contribution >= 0.6 is 0 Å². The number of nitrogens with one attached hydrogen (secondary N) is 2. The number of rotatable bonds is 8. The first-order valence-corrected chi connectivity index (χ1v) is 10.3. The molecule has 0 unspecified atom stereocenters. The van der Waals surface area contributed by atoms with Gasteiger partial charge in [-0.2, -0.15) is 5.26 Å². The van der Waals surface area contributed by atoms with E-state index in [0.717, 1.165) is 25.7 Å². The third kappa shape index (κ3) is 6.08. The quantitative estimate of drug-likeness (QED) is 0.483. The number of anilines is 1. The van der Waals surface area contributed by atoms with Gasteiger partial charge in [0.2, 0.25) is 0 Å². The van der Waals surface area contributed by atoms with Crippen LogP contribution in [-0.2, 0) is 9.59 Å². The lowest BCUT2D eigenvalue weighted by Gasteiger charge is -2.14. The van der Waals surface area contributed by atoms with Gasteiger partial charge in [-0.3, -0.25) is 9.59 Å². The normalized spacial score (nSPS) is 13.8. The van der Waals surface area contributed by atoms with Gasteiger partial charge in [0.25, 0.3) is 11.8 Å². The number of halogens is 1. The van der Waals surface area contributed by atoms with Gasteiger partial charge >= 0.3 is 0 Å². The molecular formula is C24H24FN3O4. The second-order valence-electron chi connectivity index (χ2n) is 7.35. The summed E-state index contributed by atoms with van der Waals surface area (Å²) in [6, 6.07) is 12.4. The summed E-state index contributed by atoms with van der Waals surface area (Å²) in [6.07, 6.45) is 5.34.